The van der Waals surface area contributed by atoms with E-state index < -0.39 is 0 Å². The maximum absolute atomic E-state index is 8.70. The maximum atomic E-state index is 8.70. The molecule has 0 atom stereocenters. The van der Waals surface area contributed by atoms with Gasteiger partial charge in [-0.3, -0.25) is 0 Å². The molecule has 1 aromatic rings. The predicted octanol–water partition coefficient (Wildman–Crippen LogP) is 2.10. The molecule has 15 heavy (non-hydrogen) atoms. The minimum atomic E-state index is 0.280. The maximum Gasteiger partial charge on any atom is 0.133 e. The fraction of sp³-hybridized carbons (Fsp3) is 0.417. The average molecular weight is 204 g/mol. The molecule has 0 radical (unpaired) electrons. The highest BCUT2D eigenvalue weighted by atomic mass is 16.2. The third-order valence-electron chi connectivity index (χ3n) is 2.59. The van der Waals surface area contributed by atoms with Gasteiger partial charge in [-0.25, -0.2) is 4.98 Å². The third-order valence-corrected chi connectivity index (χ3v) is 2.59. The molecule has 1 aliphatic heterocycles. The Morgan fingerprint density at radius 1 is 1.40 bits per heavy atom. The minimum absolute atomic E-state index is 0.280. The number of aliphatic hydroxyl groups excluding tert-OH is 1. The SMILES string of the molecule is OCCCCC1=CCc2cccnc2N1. The summed E-state index contributed by atoms with van der Waals surface area (Å²) in [4.78, 5) is 4.30. The van der Waals surface area contributed by atoms with Crippen LogP contribution in [0.3, 0.4) is 0 Å². The van der Waals surface area contributed by atoms with Gasteiger partial charge in [0.25, 0.3) is 0 Å². The first kappa shape index (κ1) is 10.2. The number of aliphatic hydroxyl groups is 1. The van der Waals surface area contributed by atoms with Crippen LogP contribution in [0.5, 0.6) is 0 Å². The van der Waals surface area contributed by atoms with Crippen LogP contribution in [0.2, 0.25) is 0 Å². The van der Waals surface area contributed by atoms with Gasteiger partial charge in [0.05, 0.1) is 0 Å². The van der Waals surface area contributed by atoms with Crippen LogP contribution in [0.15, 0.2) is 30.1 Å². The zero-order valence-corrected chi connectivity index (χ0v) is 8.74. The summed E-state index contributed by atoms with van der Waals surface area (Å²) >= 11 is 0. The number of unbranched alkanes of at least 4 members (excludes halogenated alkanes) is 1. The Kier molecular flexibility index (Phi) is 3.35. The fourth-order valence-electron chi connectivity index (χ4n) is 1.74. The van der Waals surface area contributed by atoms with E-state index in [0.29, 0.717) is 0 Å². The van der Waals surface area contributed by atoms with Gasteiger partial charge in [-0.1, -0.05) is 12.1 Å². The van der Waals surface area contributed by atoms with Gasteiger partial charge in [-0.2, -0.15) is 0 Å². The molecule has 0 spiro atoms. The van der Waals surface area contributed by atoms with Crippen molar-refractivity contribution in [3.05, 3.63) is 35.7 Å². The van der Waals surface area contributed by atoms with Gasteiger partial charge in [0.2, 0.25) is 0 Å². The average Bonchev–Trinajstić information content (AvgIpc) is 2.29. The standard InChI is InChI=1S/C12H16N2O/c15-9-2-1-5-11-7-6-10-4-3-8-13-12(10)14-11/h3-4,7-8,15H,1-2,5-6,9H2,(H,13,14). The van der Waals surface area contributed by atoms with Crippen molar-refractivity contribution in [3.8, 4) is 0 Å². The van der Waals surface area contributed by atoms with Crippen LogP contribution in [0.4, 0.5) is 5.82 Å². The number of allylic oxidation sites excluding steroid dienone is 2. The summed E-state index contributed by atoms with van der Waals surface area (Å²) in [6, 6.07) is 4.06. The molecular weight excluding hydrogens is 188 g/mol. The summed E-state index contributed by atoms with van der Waals surface area (Å²) in [5.41, 5.74) is 2.48. The largest absolute Gasteiger partial charge is 0.396 e. The van der Waals surface area contributed by atoms with Crippen LogP contribution < -0.4 is 5.32 Å². The normalized spacial score (nSPS) is 14.1. The fourth-order valence-corrected chi connectivity index (χ4v) is 1.74. The third kappa shape index (κ3) is 2.57. The Labute approximate surface area is 89.9 Å². The lowest BCUT2D eigenvalue weighted by molar-refractivity contribution is 0.284. The molecule has 0 bridgehead atoms. The molecule has 80 valence electrons. The van der Waals surface area contributed by atoms with E-state index in [9.17, 15) is 0 Å². The Balaban J connectivity index is 1.94. The summed E-state index contributed by atoms with van der Waals surface area (Å²) in [6.07, 6.45) is 7.87. The predicted molar refractivity (Wildman–Crippen MR) is 60.6 cm³/mol. The Bertz CT molecular complexity index is 360. The molecule has 0 saturated heterocycles. The van der Waals surface area contributed by atoms with E-state index in [1.54, 1.807) is 0 Å². The van der Waals surface area contributed by atoms with E-state index in [1.165, 1.54) is 11.3 Å². The highest BCUT2D eigenvalue weighted by molar-refractivity contribution is 5.52. The monoisotopic (exact) mass is 204 g/mol. The topological polar surface area (TPSA) is 45.2 Å². The van der Waals surface area contributed by atoms with Gasteiger partial charge >= 0.3 is 0 Å². The first-order valence-electron chi connectivity index (χ1n) is 5.41. The second kappa shape index (κ2) is 4.94. The van der Waals surface area contributed by atoms with Gasteiger partial charge < -0.3 is 10.4 Å². The number of nitrogens with zero attached hydrogens (tertiary/aromatic N) is 1. The van der Waals surface area contributed by atoms with Crippen molar-refractivity contribution in [1.29, 1.82) is 0 Å². The Hall–Kier alpha value is -1.35. The number of hydrogen-bond donors (Lipinski definition) is 2. The van der Waals surface area contributed by atoms with Crippen molar-refractivity contribution in [3.63, 3.8) is 0 Å². The number of hydrogen-bond acceptors (Lipinski definition) is 3. The molecule has 0 saturated carbocycles. The van der Waals surface area contributed by atoms with E-state index in [4.69, 9.17) is 5.11 Å². The molecule has 0 unspecified atom stereocenters. The van der Waals surface area contributed by atoms with Gasteiger partial charge in [0.15, 0.2) is 0 Å². The van der Waals surface area contributed by atoms with Crippen molar-refractivity contribution in [2.45, 2.75) is 25.7 Å². The molecule has 0 aliphatic carbocycles. The number of rotatable bonds is 4. The van der Waals surface area contributed by atoms with Crippen LogP contribution in [-0.2, 0) is 6.42 Å². The minimum Gasteiger partial charge on any atom is -0.396 e. The van der Waals surface area contributed by atoms with E-state index in [-0.39, 0.29) is 6.61 Å². The van der Waals surface area contributed by atoms with Crippen LogP contribution in [0, 0.1) is 0 Å². The second-order valence-corrected chi connectivity index (χ2v) is 3.75. The molecule has 2 rings (SSSR count). The molecule has 2 N–H and O–H groups in total. The van der Waals surface area contributed by atoms with E-state index >= 15 is 0 Å². The van der Waals surface area contributed by atoms with Crippen molar-refractivity contribution >= 4 is 5.82 Å². The van der Waals surface area contributed by atoms with Crippen LogP contribution in [-0.4, -0.2) is 16.7 Å². The summed E-state index contributed by atoms with van der Waals surface area (Å²) in [5.74, 6) is 0.985. The molecule has 0 amide bonds. The first-order chi connectivity index (χ1) is 7.40. The summed E-state index contributed by atoms with van der Waals surface area (Å²) in [5, 5.41) is 12.0. The quantitative estimate of drug-likeness (QED) is 0.738. The molecule has 0 fully saturated rings. The first-order valence-corrected chi connectivity index (χ1v) is 5.41. The zero-order valence-electron chi connectivity index (χ0n) is 8.74. The van der Waals surface area contributed by atoms with Gasteiger partial charge in [0, 0.05) is 18.5 Å². The van der Waals surface area contributed by atoms with E-state index in [2.05, 4.69) is 22.4 Å². The molecule has 0 aromatic carbocycles. The van der Waals surface area contributed by atoms with E-state index in [0.717, 1.165) is 31.5 Å². The van der Waals surface area contributed by atoms with Crippen LogP contribution >= 0.6 is 0 Å². The molecule has 2 heterocycles. The lowest BCUT2D eigenvalue weighted by atomic mass is 10.1. The van der Waals surface area contributed by atoms with Gasteiger partial charge in [-0.15, -0.1) is 0 Å². The van der Waals surface area contributed by atoms with Crippen molar-refractivity contribution in [2.24, 2.45) is 0 Å². The van der Waals surface area contributed by atoms with Crippen molar-refractivity contribution in [2.75, 3.05) is 11.9 Å². The lowest BCUT2D eigenvalue weighted by Crippen LogP contribution is -2.09. The molecule has 1 aromatic heterocycles. The van der Waals surface area contributed by atoms with E-state index in [1.807, 2.05) is 12.3 Å². The highest BCUT2D eigenvalue weighted by Crippen LogP contribution is 2.22. The number of anilines is 1. The van der Waals surface area contributed by atoms with Crippen molar-refractivity contribution in [1.82, 2.24) is 4.98 Å². The van der Waals surface area contributed by atoms with Crippen molar-refractivity contribution < 1.29 is 5.11 Å². The number of nitrogens with one attached hydrogen (secondary N) is 1. The Morgan fingerprint density at radius 3 is 3.20 bits per heavy atom. The number of pyridine rings is 1. The zero-order chi connectivity index (χ0) is 10.5. The smallest absolute Gasteiger partial charge is 0.133 e. The van der Waals surface area contributed by atoms with Crippen LogP contribution in [0.1, 0.15) is 24.8 Å². The van der Waals surface area contributed by atoms with Gasteiger partial charge in [-0.05, 0) is 37.3 Å². The summed E-state index contributed by atoms with van der Waals surface area (Å²) < 4.78 is 0. The highest BCUT2D eigenvalue weighted by Gasteiger charge is 2.09. The summed E-state index contributed by atoms with van der Waals surface area (Å²) in [7, 11) is 0. The molecule has 3 heteroatoms. The number of aromatic nitrogens is 1. The molecular formula is C12H16N2O. The van der Waals surface area contributed by atoms with Crippen LogP contribution in [0.25, 0.3) is 0 Å². The molecule has 3 nitrogen and oxygen atoms in total. The summed E-state index contributed by atoms with van der Waals surface area (Å²) in [6.45, 7) is 0.280. The Morgan fingerprint density at radius 2 is 2.33 bits per heavy atom. The number of fused-ring (bicyclic) bond motifs is 1. The second-order valence-electron chi connectivity index (χ2n) is 3.75. The van der Waals surface area contributed by atoms with Gasteiger partial charge in [0.1, 0.15) is 5.82 Å². The molecule has 1 aliphatic rings. The lowest BCUT2D eigenvalue weighted by Gasteiger charge is -2.17.